The number of methoxy groups -OCH3 is 1. The van der Waals surface area contributed by atoms with Gasteiger partial charge in [0.1, 0.15) is 29.6 Å². The van der Waals surface area contributed by atoms with Gasteiger partial charge in [-0.3, -0.25) is 4.79 Å². The molecular formula is C23H23ClN2O6S. The molecule has 3 rings (SSSR count). The summed E-state index contributed by atoms with van der Waals surface area (Å²) in [7, 11) is -2.24. The first kappa shape index (κ1) is 24.4. The molecule has 0 saturated carbocycles. The molecule has 0 aliphatic rings. The molecule has 3 aromatic carbocycles. The maximum absolute atomic E-state index is 12.7. The van der Waals surface area contributed by atoms with Crippen LogP contribution in [-0.2, 0) is 10.0 Å². The highest BCUT2D eigenvalue weighted by Gasteiger charge is 2.19. The van der Waals surface area contributed by atoms with E-state index in [1.165, 1.54) is 24.3 Å². The van der Waals surface area contributed by atoms with Crippen molar-refractivity contribution >= 4 is 27.5 Å². The molecule has 174 valence electrons. The molecule has 1 amide bonds. The number of hydrogen-bond donors (Lipinski definition) is 2. The summed E-state index contributed by atoms with van der Waals surface area (Å²) in [5.74, 6) is 1.30. The SMILES string of the molecule is COc1ccc(Oc2ccc(S(=O)(=O)NC(C)COc3ccc(Cl)cc3C(N)=O)cc2)cc1. The van der Waals surface area contributed by atoms with Gasteiger partial charge in [0.15, 0.2) is 0 Å². The zero-order valence-electron chi connectivity index (χ0n) is 17.9. The molecule has 0 aromatic heterocycles. The highest BCUT2D eigenvalue weighted by molar-refractivity contribution is 7.89. The average molecular weight is 491 g/mol. The molecule has 8 nitrogen and oxygen atoms in total. The standard InChI is InChI=1S/C23H23ClN2O6S/c1-15(14-31-22-12-3-16(24)13-21(22)23(25)27)26-33(28,29)20-10-8-19(9-11-20)32-18-6-4-17(30-2)5-7-18/h3-13,15,26H,14H2,1-2H3,(H2,25,27). The third-order valence-corrected chi connectivity index (χ3v) is 6.32. The number of carbonyl (C=O) groups excluding carboxylic acids is 1. The largest absolute Gasteiger partial charge is 0.497 e. The summed E-state index contributed by atoms with van der Waals surface area (Å²) < 4.78 is 44.3. The van der Waals surface area contributed by atoms with Crippen LogP contribution in [0.2, 0.25) is 5.02 Å². The molecular weight excluding hydrogens is 468 g/mol. The lowest BCUT2D eigenvalue weighted by Gasteiger charge is -2.17. The van der Waals surface area contributed by atoms with E-state index >= 15 is 0 Å². The van der Waals surface area contributed by atoms with Crippen molar-refractivity contribution < 1.29 is 27.4 Å². The van der Waals surface area contributed by atoms with Crippen LogP contribution in [-0.4, -0.2) is 34.1 Å². The zero-order chi connectivity index (χ0) is 24.0. The molecule has 0 heterocycles. The molecule has 3 N–H and O–H groups in total. The number of rotatable bonds is 10. The maximum atomic E-state index is 12.7. The molecule has 0 spiro atoms. The quantitative estimate of drug-likeness (QED) is 0.444. The van der Waals surface area contributed by atoms with Gasteiger partial charge in [0.2, 0.25) is 10.0 Å². The molecule has 0 aliphatic heterocycles. The fraction of sp³-hybridized carbons (Fsp3) is 0.174. The summed E-state index contributed by atoms with van der Waals surface area (Å²) >= 11 is 5.88. The number of sulfonamides is 1. The lowest BCUT2D eigenvalue weighted by Crippen LogP contribution is -2.36. The summed E-state index contributed by atoms with van der Waals surface area (Å²) in [6.45, 7) is 1.61. The normalized spacial score (nSPS) is 12.1. The van der Waals surface area contributed by atoms with Crippen molar-refractivity contribution in [3.05, 3.63) is 77.3 Å². The lowest BCUT2D eigenvalue weighted by molar-refractivity contribution is 0.0996. The second-order valence-electron chi connectivity index (χ2n) is 7.09. The van der Waals surface area contributed by atoms with Gasteiger partial charge in [-0.05, 0) is 73.7 Å². The minimum absolute atomic E-state index is 0.0280. The third-order valence-electron chi connectivity index (χ3n) is 4.48. The Morgan fingerprint density at radius 3 is 2.15 bits per heavy atom. The van der Waals surface area contributed by atoms with E-state index in [1.807, 2.05) is 0 Å². The van der Waals surface area contributed by atoms with E-state index in [0.29, 0.717) is 22.3 Å². The van der Waals surface area contributed by atoms with E-state index in [-0.39, 0.29) is 22.8 Å². The first-order chi connectivity index (χ1) is 15.7. The number of amides is 1. The van der Waals surface area contributed by atoms with Gasteiger partial charge in [-0.1, -0.05) is 11.6 Å². The average Bonchev–Trinajstić information content (AvgIpc) is 2.78. The van der Waals surface area contributed by atoms with Crippen LogP contribution in [0, 0.1) is 0 Å². The van der Waals surface area contributed by atoms with Crippen LogP contribution in [0.3, 0.4) is 0 Å². The lowest BCUT2D eigenvalue weighted by atomic mass is 10.2. The van der Waals surface area contributed by atoms with Crippen molar-refractivity contribution in [2.45, 2.75) is 17.9 Å². The second-order valence-corrected chi connectivity index (χ2v) is 9.24. The Bertz CT molecular complexity index is 1210. The number of halogens is 1. The van der Waals surface area contributed by atoms with Crippen LogP contribution in [0.1, 0.15) is 17.3 Å². The van der Waals surface area contributed by atoms with E-state index in [4.69, 9.17) is 31.5 Å². The molecule has 0 fully saturated rings. The Balaban J connectivity index is 1.61. The van der Waals surface area contributed by atoms with E-state index in [9.17, 15) is 13.2 Å². The predicted octanol–water partition coefficient (Wildman–Crippen LogP) is 3.99. The van der Waals surface area contributed by atoms with Crippen LogP contribution in [0.5, 0.6) is 23.0 Å². The number of primary amides is 1. The van der Waals surface area contributed by atoms with Crippen LogP contribution >= 0.6 is 11.6 Å². The summed E-state index contributed by atoms with van der Waals surface area (Å²) in [4.78, 5) is 11.6. The van der Waals surface area contributed by atoms with Crippen molar-refractivity contribution in [2.24, 2.45) is 5.73 Å². The summed E-state index contributed by atoms with van der Waals surface area (Å²) in [6.07, 6.45) is 0. The van der Waals surface area contributed by atoms with Gasteiger partial charge in [-0.2, -0.15) is 0 Å². The summed E-state index contributed by atoms with van der Waals surface area (Å²) in [5.41, 5.74) is 5.45. The smallest absolute Gasteiger partial charge is 0.252 e. The topological polar surface area (TPSA) is 117 Å². The number of carbonyl (C=O) groups is 1. The Kier molecular flexibility index (Phi) is 7.80. The fourth-order valence-corrected chi connectivity index (χ4v) is 4.27. The molecule has 0 bridgehead atoms. The van der Waals surface area contributed by atoms with Gasteiger partial charge >= 0.3 is 0 Å². The van der Waals surface area contributed by atoms with Crippen molar-refractivity contribution in [1.29, 1.82) is 0 Å². The minimum atomic E-state index is -3.81. The van der Waals surface area contributed by atoms with Gasteiger partial charge in [0, 0.05) is 5.02 Å². The number of nitrogens with two attached hydrogens (primary N) is 1. The number of benzene rings is 3. The second kappa shape index (κ2) is 10.6. The van der Waals surface area contributed by atoms with E-state index in [0.717, 1.165) is 0 Å². The van der Waals surface area contributed by atoms with Gasteiger partial charge in [0.25, 0.3) is 5.91 Å². The first-order valence-corrected chi connectivity index (χ1v) is 11.7. The van der Waals surface area contributed by atoms with Crippen LogP contribution in [0.25, 0.3) is 0 Å². The first-order valence-electron chi connectivity index (χ1n) is 9.84. The fourth-order valence-electron chi connectivity index (χ4n) is 2.87. The predicted molar refractivity (Wildman–Crippen MR) is 125 cm³/mol. The Hall–Kier alpha value is -3.27. The molecule has 33 heavy (non-hydrogen) atoms. The molecule has 0 saturated heterocycles. The van der Waals surface area contributed by atoms with E-state index in [2.05, 4.69) is 4.72 Å². The van der Waals surface area contributed by atoms with E-state index in [1.54, 1.807) is 56.5 Å². The number of hydrogen-bond acceptors (Lipinski definition) is 6. The van der Waals surface area contributed by atoms with Crippen molar-refractivity contribution in [1.82, 2.24) is 4.72 Å². The highest BCUT2D eigenvalue weighted by Crippen LogP contribution is 2.25. The summed E-state index contributed by atoms with van der Waals surface area (Å²) in [6, 6.07) is 16.9. The van der Waals surface area contributed by atoms with Crippen LogP contribution in [0.15, 0.2) is 71.6 Å². The van der Waals surface area contributed by atoms with Crippen molar-refractivity contribution in [3.63, 3.8) is 0 Å². The van der Waals surface area contributed by atoms with E-state index < -0.39 is 22.0 Å². The summed E-state index contributed by atoms with van der Waals surface area (Å²) in [5, 5.41) is 0.337. The van der Waals surface area contributed by atoms with Gasteiger partial charge in [0.05, 0.1) is 23.6 Å². The molecule has 0 radical (unpaired) electrons. The number of nitrogens with one attached hydrogen (secondary N) is 1. The molecule has 3 aromatic rings. The molecule has 0 aliphatic carbocycles. The van der Waals surface area contributed by atoms with Crippen LogP contribution in [0.4, 0.5) is 0 Å². The number of ether oxygens (including phenoxy) is 3. The zero-order valence-corrected chi connectivity index (χ0v) is 19.5. The van der Waals surface area contributed by atoms with Crippen LogP contribution < -0.4 is 24.7 Å². The molecule has 1 unspecified atom stereocenters. The van der Waals surface area contributed by atoms with Gasteiger partial charge < -0.3 is 19.9 Å². The van der Waals surface area contributed by atoms with Gasteiger partial charge in [-0.15, -0.1) is 0 Å². The Morgan fingerprint density at radius 1 is 1.00 bits per heavy atom. The Labute approximate surface area is 197 Å². The van der Waals surface area contributed by atoms with Crippen molar-refractivity contribution in [3.8, 4) is 23.0 Å². The monoisotopic (exact) mass is 490 g/mol. The minimum Gasteiger partial charge on any atom is -0.497 e. The molecule has 1 atom stereocenters. The van der Waals surface area contributed by atoms with Gasteiger partial charge in [-0.25, -0.2) is 13.1 Å². The maximum Gasteiger partial charge on any atom is 0.252 e. The third kappa shape index (κ3) is 6.61. The highest BCUT2D eigenvalue weighted by atomic mass is 35.5. The Morgan fingerprint density at radius 2 is 1.58 bits per heavy atom. The van der Waals surface area contributed by atoms with Crippen molar-refractivity contribution in [2.75, 3.05) is 13.7 Å². The molecule has 10 heteroatoms.